The molecule has 0 bridgehead atoms. The van der Waals surface area contributed by atoms with Crippen LogP contribution in [0.5, 0.6) is 0 Å². The molecule has 0 spiro atoms. The molecule has 4 rings (SSSR count). The molecule has 5 nitrogen and oxygen atoms in total. The van der Waals surface area contributed by atoms with Gasteiger partial charge in [-0.3, -0.25) is 0 Å². The fourth-order valence-corrected chi connectivity index (χ4v) is 5.48. The molecule has 1 aliphatic heterocycles. The molecule has 0 unspecified atom stereocenters. The number of hydrogen-bond donors (Lipinski definition) is 0. The summed E-state index contributed by atoms with van der Waals surface area (Å²) in [6, 6.07) is 11.4. The summed E-state index contributed by atoms with van der Waals surface area (Å²) in [5.74, 6) is -0.0344. The lowest BCUT2D eigenvalue weighted by molar-refractivity contribution is 0.440. The number of fused-ring (bicyclic) bond motifs is 1. The highest BCUT2D eigenvalue weighted by molar-refractivity contribution is 7.88. The van der Waals surface area contributed by atoms with Crippen LogP contribution in [0.25, 0.3) is 16.6 Å². The summed E-state index contributed by atoms with van der Waals surface area (Å²) in [6.45, 7) is 5.13. The van der Waals surface area contributed by atoms with Crippen molar-refractivity contribution in [3.63, 3.8) is 0 Å². The zero-order valence-corrected chi connectivity index (χ0v) is 18.1. The third kappa shape index (κ3) is 4.10. The molecule has 3 aromatic rings. The third-order valence-electron chi connectivity index (χ3n) is 5.30. The van der Waals surface area contributed by atoms with E-state index in [-0.39, 0.29) is 5.75 Å². The van der Waals surface area contributed by atoms with Crippen LogP contribution in [0.1, 0.15) is 37.4 Å². The fourth-order valence-electron chi connectivity index (χ4n) is 3.81. The summed E-state index contributed by atoms with van der Waals surface area (Å²) in [5, 5.41) is 1.66. The van der Waals surface area contributed by atoms with Gasteiger partial charge in [0.2, 0.25) is 10.0 Å². The number of nitrogens with zero attached hydrogens (tertiary/aromatic N) is 3. The third-order valence-corrected chi connectivity index (χ3v) is 7.35. The van der Waals surface area contributed by atoms with Crippen LogP contribution in [-0.2, 0) is 15.8 Å². The molecule has 2 aromatic heterocycles. The lowest BCUT2D eigenvalue weighted by Crippen LogP contribution is -2.35. The van der Waals surface area contributed by atoms with Crippen molar-refractivity contribution in [2.24, 2.45) is 0 Å². The van der Waals surface area contributed by atoms with Gasteiger partial charge in [0.15, 0.2) is 0 Å². The Balaban J connectivity index is 1.58. The fraction of sp³-hybridized carbons (Fsp3) is 0.318. The maximum absolute atomic E-state index is 12.9. The highest BCUT2D eigenvalue weighted by Crippen LogP contribution is 2.32. The maximum atomic E-state index is 12.9. The van der Waals surface area contributed by atoms with Gasteiger partial charge in [-0.2, -0.15) is 4.31 Å². The van der Waals surface area contributed by atoms with Crippen molar-refractivity contribution in [3.8, 4) is 0 Å². The van der Waals surface area contributed by atoms with Gasteiger partial charge in [-0.25, -0.2) is 13.4 Å². The molecule has 0 aliphatic carbocycles. The molecule has 0 fully saturated rings. The molecular weight excluding hydrogens is 406 g/mol. The second-order valence-corrected chi connectivity index (χ2v) is 10.0. The van der Waals surface area contributed by atoms with E-state index in [4.69, 9.17) is 11.6 Å². The minimum Gasteiger partial charge on any atom is -0.329 e. The Morgan fingerprint density at radius 3 is 2.72 bits per heavy atom. The number of benzene rings is 1. The van der Waals surface area contributed by atoms with Crippen LogP contribution in [-0.4, -0.2) is 35.4 Å². The second kappa shape index (κ2) is 7.94. The van der Waals surface area contributed by atoms with E-state index in [0.717, 1.165) is 16.6 Å². The molecular formula is C22H24ClN3O2S. The molecule has 1 aliphatic rings. The smallest absolute Gasteiger partial charge is 0.218 e. The molecule has 0 N–H and O–H groups in total. The van der Waals surface area contributed by atoms with Crippen molar-refractivity contribution in [2.45, 2.75) is 32.1 Å². The largest absolute Gasteiger partial charge is 0.329 e. The molecule has 0 radical (unpaired) electrons. The monoisotopic (exact) mass is 429 g/mol. The zero-order chi connectivity index (χ0) is 20.6. The quantitative estimate of drug-likeness (QED) is 0.580. The number of hydrogen-bond acceptors (Lipinski definition) is 3. The zero-order valence-electron chi connectivity index (χ0n) is 16.5. The first kappa shape index (κ1) is 20.1. The molecule has 29 heavy (non-hydrogen) atoms. The Kier molecular flexibility index (Phi) is 5.51. The predicted octanol–water partition coefficient (Wildman–Crippen LogP) is 4.89. The average molecular weight is 430 g/mol. The van der Waals surface area contributed by atoms with Gasteiger partial charge in [0.25, 0.3) is 0 Å². The van der Waals surface area contributed by atoms with Gasteiger partial charge in [0.05, 0.1) is 5.75 Å². The summed E-state index contributed by atoms with van der Waals surface area (Å²) >= 11 is 5.99. The van der Waals surface area contributed by atoms with E-state index in [1.165, 1.54) is 5.57 Å². The van der Waals surface area contributed by atoms with Crippen molar-refractivity contribution < 1.29 is 8.42 Å². The molecule has 0 amide bonds. The van der Waals surface area contributed by atoms with E-state index < -0.39 is 10.0 Å². The van der Waals surface area contributed by atoms with Crippen molar-refractivity contribution in [1.82, 2.24) is 13.9 Å². The summed E-state index contributed by atoms with van der Waals surface area (Å²) in [5.41, 5.74) is 4.00. The Bertz CT molecular complexity index is 1180. The molecule has 7 heteroatoms. The SMILES string of the molecule is CC(C)n1cc(C2=CCN(S(=O)(=O)Cc3cccc(Cl)c3)CC2)c2cccnc21. The van der Waals surface area contributed by atoms with Crippen molar-refractivity contribution >= 4 is 38.2 Å². The van der Waals surface area contributed by atoms with Gasteiger partial charge >= 0.3 is 0 Å². The van der Waals surface area contributed by atoms with E-state index in [1.54, 1.807) is 28.6 Å². The van der Waals surface area contributed by atoms with Gasteiger partial charge in [-0.15, -0.1) is 0 Å². The van der Waals surface area contributed by atoms with Gasteiger partial charge in [0.1, 0.15) is 5.65 Å². The lowest BCUT2D eigenvalue weighted by atomic mass is 10.0. The van der Waals surface area contributed by atoms with E-state index in [1.807, 2.05) is 18.3 Å². The Hall–Kier alpha value is -2.15. The van der Waals surface area contributed by atoms with Crippen molar-refractivity contribution in [2.75, 3.05) is 13.1 Å². The summed E-state index contributed by atoms with van der Waals surface area (Å²) in [6.07, 6.45) is 6.67. The molecule has 1 aromatic carbocycles. The van der Waals surface area contributed by atoms with Gasteiger partial charge in [-0.1, -0.05) is 29.8 Å². The minimum absolute atomic E-state index is 0.0344. The number of halogens is 1. The van der Waals surface area contributed by atoms with E-state index in [2.05, 4.69) is 35.7 Å². The Labute approximate surface area is 176 Å². The van der Waals surface area contributed by atoms with Crippen LogP contribution in [0.4, 0.5) is 0 Å². The van der Waals surface area contributed by atoms with E-state index >= 15 is 0 Å². The molecule has 3 heterocycles. The highest BCUT2D eigenvalue weighted by Gasteiger charge is 2.26. The minimum atomic E-state index is -3.40. The summed E-state index contributed by atoms with van der Waals surface area (Å²) < 4.78 is 29.4. The normalized spacial score (nSPS) is 15.8. The predicted molar refractivity (Wildman–Crippen MR) is 118 cm³/mol. The first-order valence-corrected chi connectivity index (χ1v) is 11.7. The number of aromatic nitrogens is 2. The highest BCUT2D eigenvalue weighted by atomic mass is 35.5. The van der Waals surface area contributed by atoms with Crippen LogP contribution in [0.3, 0.4) is 0 Å². The van der Waals surface area contributed by atoms with Crippen LogP contribution >= 0.6 is 11.6 Å². The van der Waals surface area contributed by atoms with Crippen molar-refractivity contribution in [3.05, 3.63) is 71.0 Å². The first-order chi connectivity index (χ1) is 13.8. The number of sulfonamides is 1. The van der Waals surface area contributed by atoms with Crippen LogP contribution < -0.4 is 0 Å². The van der Waals surface area contributed by atoms with Gasteiger partial charge < -0.3 is 4.57 Å². The van der Waals surface area contributed by atoms with Crippen LogP contribution in [0.15, 0.2) is 54.9 Å². The second-order valence-electron chi connectivity index (χ2n) is 7.64. The molecule has 0 atom stereocenters. The molecule has 0 saturated carbocycles. The Morgan fingerprint density at radius 2 is 2.03 bits per heavy atom. The number of pyridine rings is 1. The van der Waals surface area contributed by atoms with Crippen molar-refractivity contribution in [1.29, 1.82) is 0 Å². The standard InChI is InChI=1S/C22H24ClN3O2S/c1-16(2)26-14-21(20-7-4-10-24-22(20)26)18-8-11-25(12-9-18)29(27,28)15-17-5-3-6-19(23)13-17/h3-8,10,13-14,16H,9,11-12,15H2,1-2H3. The Morgan fingerprint density at radius 1 is 1.21 bits per heavy atom. The van der Waals surface area contributed by atoms with E-state index in [9.17, 15) is 8.42 Å². The maximum Gasteiger partial charge on any atom is 0.218 e. The van der Waals surface area contributed by atoms with Gasteiger partial charge in [0, 0.05) is 47.5 Å². The lowest BCUT2D eigenvalue weighted by Gasteiger charge is -2.26. The average Bonchev–Trinajstić information content (AvgIpc) is 3.08. The van der Waals surface area contributed by atoms with E-state index in [0.29, 0.717) is 36.1 Å². The summed E-state index contributed by atoms with van der Waals surface area (Å²) in [7, 11) is -3.40. The topological polar surface area (TPSA) is 55.2 Å². The molecule has 0 saturated heterocycles. The van der Waals surface area contributed by atoms with Crippen LogP contribution in [0.2, 0.25) is 5.02 Å². The number of rotatable bonds is 5. The summed E-state index contributed by atoms with van der Waals surface area (Å²) in [4.78, 5) is 4.54. The molecule has 152 valence electrons. The van der Waals surface area contributed by atoms with Crippen LogP contribution in [0, 0.1) is 0 Å². The van der Waals surface area contributed by atoms with Gasteiger partial charge in [-0.05, 0) is 55.7 Å². The first-order valence-electron chi connectivity index (χ1n) is 9.72.